The number of rotatable bonds is 7. The van der Waals surface area contributed by atoms with Gasteiger partial charge in [0.15, 0.2) is 0 Å². The molecular weight excluding hydrogens is 399 g/mol. The van der Waals surface area contributed by atoms with Crippen molar-refractivity contribution in [2.75, 3.05) is 6.54 Å². The maximum absolute atomic E-state index is 13.7. The minimum absolute atomic E-state index is 0.0150. The van der Waals surface area contributed by atoms with Crippen molar-refractivity contribution >= 4 is 22.9 Å². The first-order valence-corrected chi connectivity index (χ1v) is 10.4. The summed E-state index contributed by atoms with van der Waals surface area (Å²) in [6.07, 6.45) is 3.42. The molecule has 0 unspecified atom stereocenters. The molecule has 0 radical (unpaired) electrons. The maximum Gasteiger partial charge on any atom is 0.320 e. The van der Waals surface area contributed by atoms with Gasteiger partial charge in [-0.25, -0.2) is 9.37 Å². The molecule has 4 rings (SSSR count). The second-order valence-electron chi connectivity index (χ2n) is 7.92. The van der Waals surface area contributed by atoms with E-state index in [9.17, 15) is 14.0 Å². The van der Waals surface area contributed by atoms with Gasteiger partial charge in [-0.15, -0.1) is 0 Å². The van der Waals surface area contributed by atoms with Gasteiger partial charge in [-0.3, -0.25) is 9.59 Å². The van der Waals surface area contributed by atoms with Crippen LogP contribution in [0.15, 0.2) is 42.6 Å². The van der Waals surface area contributed by atoms with E-state index in [0.717, 1.165) is 22.3 Å². The van der Waals surface area contributed by atoms with Gasteiger partial charge < -0.3 is 20.3 Å². The standard InChI is InChI=1S/C23H25FN4O3/c24-16-5-1-4-15(12-16)13-28-20-14-27(21(29)8-2-7-19(25)23(30)31)11-9-17(20)18-6-3-10-26-22(18)28/h1,3-6,10,12,19H,2,7-9,11,13-14,25H2,(H,30,31)/t19-/m0/s1. The van der Waals surface area contributed by atoms with Crippen LogP contribution in [0.3, 0.4) is 0 Å². The smallest absolute Gasteiger partial charge is 0.320 e. The fourth-order valence-corrected chi connectivity index (χ4v) is 4.22. The molecule has 3 N–H and O–H groups in total. The zero-order valence-corrected chi connectivity index (χ0v) is 17.1. The Morgan fingerprint density at radius 2 is 2.10 bits per heavy atom. The Balaban J connectivity index is 1.56. The number of carboxylic acids is 1. The van der Waals surface area contributed by atoms with Gasteiger partial charge in [-0.05, 0) is 54.7 Å². The maximum atomic E-state index is 13.7. The largest absolute Gasteiger partial charge is 0.480 e. The number of halogens is 1. The fourth-order valence-electron chi connectivity index (χ4n) is 4.22. The molecule has 0 bridgehead atoms. The molecule has 0 saturated carbocycles. The second kappa shape index (κ2) is 8.85. The van der Waals surface area contributed by atoms with Crippen LogP contribution in [0.5, 0.6) is 0 Å². The van der Waals surface area contributed by atoms with Crippen molar-refractivity contribution < 1.29 is 19.1 Å². The third-order valence-electron chi connectivity index (χ3n) is 5.82. The molecule has 0 aliphatic carbocycles. The van der Waals surface area contributed by atoms with Crippen LogP contribution in [0.1, 0.15) is 36.1 Å². The van der Waals surface area contributed by atoms with E-state index < -0.39 is 12.0 Å². The van der Waals surface area contributed by atoms with Crippen molar-refractivity contribution in [3.8, 4) is 0 Å². The molecule has 0 spiro atoms. The van der Waals surface area contributed by atoms with E-state index in [1.807, 2.05) is 18.2 Å². The molecule has 3 heterocycles. The van der Waals surface area contributed by atoms with E-state index in [2.05, 4.69) is 9.55 Å². The van der Waals surface area contributed by atoms with Crippen molar-refractivity contribution in [3.05, 3.63) is 65.2 Å². The number of benzene rings is 1. The van der Waals surface area contributed by atoms with Crippen LogP contribution in [0.2, 0.25) is 0 Å². The highest BCUT2D eigenvalue weighted by Gasteiger charge is 2.27. The highest BCUT2D eigenvalue weighted by Crippen LogP contribution is 2.31. The summed E-state index contributed by atoms with van der Waals surface area (Å²) in [6, 6.07) is 9.49. The molecule has 1 atom stereocenters. The lowest BCUT2D eigenvalue weighted by atomic mass is 10.0. The molecule has 7 nitrogen and oxygen atoms in total. The highest BCUT2D eigenvalue weighted by atomic mass is 19.1. The summed E-state index contributed by atoms with van der Waals surface area (Å²) in [7, 11) is 0. The number of nitrogens with zero attached hydrogens (tertiary/aromatic N) is 3. The summed E-state index contributed by atoms with van der Waals surface area (Å²) in [6.45, 7) is 1.52. The molecule has 1 aliphatic heterocycles. The van der Waals surface area contributed by atoms with E-state index >= 15 is 0 Å². The molecule has 0 saturated heterocycles. The van der Waals surface area contributed by atoms with Gasteiger partial charge in [-0.1, -0.05) is 12.1 Å². The highest BCUT2D eigenvalue weighted by molar-refractivity contribution is 5.84. The van der Waals surface area contributed by atoms with E-state index in [1.54, 1.807) is 17.2 Å². The van der Waals surface area contributed by atoms with Crippen molar-refractivity contribution in [1.82, 2.24) is 14.5 Å². The number of carboxylic acid groups (broad SMARTS) is 1. The van der Waals surface area contributed by atoms with Gasteiger partial charge in [0.2, 0.25) is 5.91 Å². The number of carbonyl (C=O) groups is 2. The van der Waals surface area contributed by atoms with Crippen LogP contribution < -0.4 is 5.73 Å². The number of carbonyl (C=O) groups excluding carboxylic acids is 1. The van der Waals surface area contributed by atoms with E-state index in [0.29, 0.717) is 32.5 Å². The van der Waals surface area contributed by atoms with E-state index in [-0.39, 0.29) is 24.6 Å². The lowest BCUT2D eigenvalue weighted by molar-refractivity contribution is -0.139. The number of amides is 1. The second-order valence-corrected chi connectivity index (χ2v) is 7.92. The summed E-state index contributed by atoms with van der Waals surface area (Å²) in [4.78, 5) is 30.0. The molecule has 3 aromatic rings. The van der Waals surface area contributed by atoms with Crippen molar-refractivity contribution in [2.24, 2.45) is 5.73 Å². The molecule has 2 aromatic heterocycles. The van der Waals surface area contributed by atoms with Gasteiger partial charge in [0.25, 0.3) is 0 Å². The fraction of sp³-hybridized carbons (Fsp3) is 0.348. The van der Waals surface area contributed by atoms with Crippen LogP contribution >= 0.6 is 0 Å². The summed E-state index contributed by atoms with van der Waals surface area (Å²) in [5.41, 5.74) is 9.38. The van der Waals surface area contributed by atoms with Gasteiger partial charge in [0.1, 0.15) is 17.5 Å². The zero-order valence-electron chi connectivity index (χ0n) is 17.1. The number of aliphatic carboxylic acids is 1. The number of pyridine rings is 1. The number of hydrogen-bond acceptors (Lipinski definition) is 4. The van der Waals surface area contributed by atoms with Gasteiger partial charge in [0.05, 0.1) is 6.54 Å². The number of hydrogen-bond donors (Lipinski definition) is 2. The average molecular weight is 424 g/mol. The Labute approximate surface area is 179 Å². The lowest BCUT2D eigenvalue weighted by Gasteiger charge is -2.29. The molecule has 1 aromatic carbocycles. The first-order chi connectivity index (χ1) is 14.9. The van der Waals surface area contributed by atoms with Gasteiger partial charge >= 0.3 is 5.97 Å². The third-order valence-corrected chi connectivity index (χ3v) is 5.82. The Kier molecular flexibility index (Phi) is 5.99. The monoisotopic (exact) mass is 424 g/mol. The first-order valence-electron chi connectivity index (χ1n) is 10.4. The molecule has 8 heteroatoms. The molecule has 0 fully saturated rings. The molecule has 31 heavy (non-hydrogen) atoms. The third kappa shape index (κ3) is 4.44. The predicted molar refractivity (Wildman–Crippen MR) is 114 cm³/mol. The topological polar surface area (TPSA) is 101 Å². The van der Waals surface area contributed by atoms with Crippen LogP contribution in [-0.2, 0) is 29.1 Å². The minimum Gasteiger partial charge on any atom is -0.480 e. The minimum atomic E-state index is -1.05. The summed E-state index contributed by atoms with van der Waals surface area (Å²) >= 11 is 0. The number of fused-ring (bicyclic) bond motifs is 3. The normalized spacial score (nSPS) is 14.5. The summed E-state index contributed by atoms with van der Waals surface area (Å²) < 4.78 is 15.8. The van der Waals surface area contributed by atoms with Crippen molar-refractivity contribution in [2.45, 2.75) is 44.8 Å². The first kappa shape index (κ1) is 21.0. The van der Waals surface area contributed by atoms with Crippen LogP contribution in [0.25, 0.3) is 11.0 Å². The quantitative estimate of drug-likeness (QED) is 0.607. The molecule has 162 valence electrons. The van der Waals surface area contributed by atoms with E-state index in [1.165, 1.54) is 17.7 Å². The SMILES string of the molecule is N[C@@H](CCCC(=O)N1CCc2c(n(Cc3cccc(F)c3)c3ncccc23)C1)C(=O)O. The predicted octanol–water partition coefficient (Wildman–Crippen LogP) is 2.69. The number of nitrogens with two attached hydrogens (primary N) is 1. The Morgan fingerprint density at radius 1 is 1.26 bits per heavy atom. The Hall–Kier alpha value is -3.26. The molecule has 1 aliphatic rings. The van der Waals surface area contributed by atoms with Crippen LogP contribution in [-0.4, -0.2) is 44.0 Å². The average Bonchev–Trinajstić information content (AvgIpc) is 3.06. The zero-order chi connectivity index (χ0) is 22.0. The van der Waals surface area contributed by atoms with Crippen molar-refractivity contribution in [3.63, 3.8) is 0 Å². The summed E-state index contributed by atoms with van der Waals surface area (Å²) in [5, 5.41) is 9.95. The Bertz CT molecular complexity index is 1130. The molecule has 1 amide bonds. The summed E-state index contributed by atoms with van der Waals surface area (Å²) in [5.74, 6) is -1.35. The van der Waals surface area contributed by atoms with Crippen molar-refractivity contribution in [1.29, 1.82) is 0 Å². The van der Waals surface area contributed by atoms with Crippen LogP contribution in [0.4, 0.5) is 4.39 Å². The number of aromatic nitrogens is 2. The van der Waals surface area contributed by atoms with Gasteiger partial charge in [-0.2, -0.15) is 0 Å². The van der Waals surface area contributed by atoms with E-state index in [4.69, 9.17) is 10.8 Å². The lowest BCUT2D eigenvalue weighted by Crippen LogP contribution is -2.37. The van der Waals surface area contributed by atoms with Crippen LogP contribution in [0, 0.1) is 5.82 Å². The Morgan fingerprint density at radius 3 is 2.87 bits per heavy atom. The molecular formula is C23H25FN4O3. The van der Waals surface area contributed by atoms with Gasteiger partial charge in [0, 0.05) is 36.8 Å².